The summed E-state index contributed by atoms with van der Waals surface area (Å²) in [6.07, 6.45) is 12.8. The second-order valence-electron chi connectivity index (χ2n) is 6.74. The van der Waals surface area contributed by atoms with Gasteiger partial charge in [0.2, 0.25) is 0 Å². The zero-order valence-corrected chi connectivity index (χ0v) is 15.8. The molecule has 0 amide bonds. The quantitative estimate of drug-likeness (QED) is 0.304. The van der Waals surface area contributed by atoms with Crippen molar-refractivity contribution >= 4 is 17.3 Å². The molecule has 1 rings (SSSR count). The van der Waals surface area contributed by atoms with Gasteiger partial charge in [-0.3, -0.25) is 0 Å². The highest BCUT2D eigenvalue weighted by molar-refractivity contribution is 7.80. The molecule has 0 aliphatic carbocycles. The van der Waals surface area contributed by atoms with E-state index in [1.807, 2.05) is 18.2 Å². The molecule has 0 fully saturated rings. The zero-order chi connectivity index (χ0) is 16.9. The van der Waals surface area contributed by atoms with Crippen LogP contribution in [0, 0.1) is 5.92 Å². The summed E-state index contributed by atoms with van der Waals surface area (Å²) < 4.78 is 0. The maximum Gasteiger partial charge on any atom is 0.164 e. The van der Waals surface area contributed by atoms with Crippen LogP contribution >= 0.6 is 12.2 Å². The summed E-state index contributed by atoms with van der Waals surface area (Å²) in [6, 6.07) is 10.2. The third kappa shape index (κ3) is 8.50. The number of aliphatic hydroxyl groups excluding tert-OH is 1. The molecule has 1 nitrogen and oxygen atoms in total. The predicted molar refractivity (Wildman–Crippen MR) is 105 cm³/mol. The molecule has 2 unspecified atom stereocenters. The first-order valence-electron chi connectivity index (χ1n) is 9.46. The average molecular weight is 335 g/mol. The van der Waals surface area contributed by atoms with Crippen LogP contribution in [-0.2, 0) is 0 Å². The molecular formula is C21H34OS. The molecule has 0 aromatic heterocycles. The van der Waals surface area contributed by atoms with Gasteiger partial charge in [-0.1, -0.05) is 102 Å². The Balaban J connectivity index is 2.46. The summed E-state index contributed by atoms with van der Waals surface area (Å²) in [4.78, 5) is 0. The minimum absolute atomic E-state index is 0.0219. The highest BCUT2D eigenvalue weighted by atomic mass is 32.1. The fourth-order valence-corrected chi connectivity index (χ4v) is 3.59. The number of unbranched alkanes of at least 4 members (excludes halogenated alkanes) is 3. The first-order valence-corrected chi connectivity index (χ1v) is 9.87. The normalized spacial score (nSPS) is 13.7. The predicted octanol–water partition coefficient (Wildman–Crippen LogP) is 7.21. The molecule has 1 aromatic rings. The van der Waals surface area contributed by atoms with Crippen molar-refractivity contribution in [1.82, 2.24) is 0 Å². The van der Waals surface area contributed by atoms with Crippen molar-refractivity contribution in [1.29, 1.82) is 0 Å². The average Bonchev–Trinajstić information content (AvgIpc) is 2.56. The van der Waals surface area contributed by atoms with Gasteiger partial charge >= 0.3 is 0 Å². The van der Waals surface area contributed by atoms with Crippen LogP contribution in [0.5, 0.6) is 0 Å². The molecule has 130 valence electrons. The third-order valence-electron chi connectivity index (χ3n) is 4.79. The van der Waals surface area contributed by atoms with E-state index in [-0.39, 0.29) is 11.0 Å². The van der Waals surface area contributed by atoms with Gasteiger partial charge in [-0.25, -0.2) is 0 Å². The van der Waals surface area contributed by atoms with Gasteiger partial charge in [0, 0.05) is 0 Å². The van der Waals surface area contributed by atoms with E-state index in [0.29, 0.717) is 0 Å². The van der Waals surface area contributed by atoms with Gasteiger partial charge in [0.05, 0.1) is 5.92 Å². The molecule has 1 N–H and O–H groups in total. The first kappa shape index (κ1) is 20.2. The van der Waals surface area contributed by atoms with E-state index in [1.54, 1.807) is 0 Å². The van der Waals surface area contributed by atoms with E-state index in [2.05, 4.69) is 26.0 Å². The lowest BCUT2D eigenvalue weighted by Crippen LogP contribution is -2.10. The molecule has 0 bridgehead atoms. The summed E-state index contributed by atoms with van der Waals surface area (Å²) in [6.45, 7) is 4.55. The van der Waals surface area contributed by atoms with Crippen LogP contribution in [0.15, 0.2) is 30.3 Å². The van der Waals surface area contributed by atoms with Crippen LogP contribution < -0.4 is 0 Å². The highest BCUT2D eigenvalue weighted by Gasteiger charge is 2.17. The number of hydrogen-bond donors (Lipinski definition) is 1. The fourth-order valence-electron chi connectivity index (χ4n) is 3.34. The number of rotatable bonds is 13. The van der Waals surface area contributed by atoms with E-state index in [1.165, 1.54) is 51.4 Å². The summed E-state index contributed by atoms with van der Waals surface area (Å²) in [5.74, 6) is 0.874. The lowest BCUT2D eigenvalue weighted by molar-refractivity contribution is 0.372. The molecular weight excluding hydrogens is 300 g/mol. The van der Waals surface area contributed by atoms with Gasteiger partial charge in [-0.2, -0.15) is 0 Å². The van der Waals surface area contributed by atoms with E-state index in [0.717, 1.165) is 24.3 Å². The molecule has 0 aliphatic heterocycles. The van der Waals surface area contributed by atoms with Crippen LogP contribution in [-0.4, -0.2) is 10.2 Å². The Morgan fingerprint density at radius 2 is 1.48 bits per heavy atom. The second kappa shape index (κ2) is 12.5. The first-order chi connectivity index (χ1) is 11.2. The lowest BCUT2D eigenvalue weighted by Gasteiger charge is -2.19. The number of hydrogen-bond acceptors (Lipinski definition) is 1. The molecule has 2 atom stereocenters. The number of aliphatic hydroxyl groups is 1. The molecule has 0 aliphatic rings. The van der Waals surface area contributed by atoms with Gasteiger partial charge in [-0.05, 0) is 30.1 Å². The molecule has 1 aromatic carbocycles. The van der Waals surface area contributed by atoms with E-state index in [9.17, 15) is 5.11 Å². The summed E-state index contributed by atoms with van der Waals surface area (Å²) in [7, 11) is 0. The Bertz CT molecular complexity index is 415. The topological polar surface area (TPSA) is 20.2 Å². The van der Waals surface area contributed by atoms with Crippen molar-refractivity contribution in [3.05, 3.63) is 35.9 Å². The number of benzene rings is 1. The molecule has 0 saturated heterocycles. The molecule has 0 saturated carbocycles. The second-order valence-corrected chi connectivity index (χ2v) is 7.15. The van der Waals surface area contributed by atoms with Crippen molar-refractivity contribution in [2.24, 2.45) is 5.92 Å². The van der Waals surface area contributed by atoms with Crippen LogP contribution in [0.2, 0.25) is 0 Å². The van der Waals surface area contributed by atoms with Crippen LogP contribution in [0.3, 0.4) is 0 Å². The summed E-state index contributed by atoms with van der Waals surface area (Å²) in [5, 5.41) is 10.0. The van der Waals surface area contributed by atoms with Crippen molar-refractivity contribution in [2.75, 3.05) is 0 Å². The highest BCUT2D eigenvalue weighted by Crippen LogP contribution is 2.27. The molecule has 0 radical (unpaired) electrons. The van der Waals surface area contributed by atoms with Gasteiger partial charge in [0.15, 0.2) is 5.05 Å². The maximum absolute atomic E-state index is 9.88. The van der Waals surface area contributed by atoms with Crippen LogP contribution in [0.25, 0.3) is 0 Å². The van der Waals surface area contributed by atoms with E-state index < -0.39 is 0 Å². The Morgan fingerprint density at radius 1 is 0.870 bits per heavy atom. The van der Waals surface area contributed by atoms with Crippen LogP contribution in [0.1, 0.15) is 89.5 Å². The van der Waals surface area contributed by atoms with E-state index in [4.69, 9.17) is 12.2 Å². The standard InChI is InChI=1S/C21H34OS/c1-3-5-8-13-18(12-6-4-2)14-11-17-20(21(22)23)19-15-9-7-10-16-19/h7,9-10,15-16,18,20H,3-6,8,11-14,17H2,1-2H3,(H,22,23). The monoisotopic (exact) mass is 334 g/mol. The van der Waals surface area contributed by atoms with Crippen molar-refractivity contribution in [3.8, 4) is 0 Å². The minimum Gasteiger partial charge on any atom is -0.502 e. The summed E-state index contributed by atoms with van der Waals surface area (Å²) in [5.41, 5.74) is 1.15. The Labute approximate surface area is 148 Å². The lowest BCUT2D eigenvalue weighted by atomic mass is 9.87. The molecule has 0 spiro atoms. The Morgan fingerprint density at radius 3 is 2.09 bits per heavy atom. The fraction of sp³-hybridized carbons (Fsp3) is 0.667. The SMILES string of the molecule is CCCCCC(CCCC)CCCC(C(O)=S)c1ccccc1. The molecule has 2 heteroatoms. The van der Waals surface area contributed by atoms with Gasteiger partial charge in [0.25, 0.3) is 0 Å². The Hall–Kier alpha value is -0.890. The van der Waals surface area contributed by atoms with Gasteiger partial charge in [-0.15, -0.1) is 0 Å². The maximum atomic E-state index is 9.88. The van der Waals surface area contributed by atoms with Gasteiger partial charge < -0.3 is 5.11 Å². The van der Waals surface area contributed by atoms with Crippen LogP contribution in [0.4, 0.5) is 0 Å². The smallest absolute Gasteiger partial charge is 0.164 e. The number of thiocarbonyl (C=S) groups is 1. The third-order valence-corrected chi connectivity index (χ3v) is 5.07. The minimum atomic E-state index is 0.0219. The largest absolute Gasteiger partial charge is 0.502 e. The van der Waals surface area contributed by atoms with Gasteiger partial charge in [0.1, 0.15) is 0 Å². The molecule has 0 heterocycles. The summed E-state index contributed by atoms with van der Waals surface area (Å²) >= 11 is 5.09. The zero-order valence-electron chi connectivity index (χ0n) is 15.0. The van der Waals surface area contributed by atoms with Crippen molar-refractivity contribution < 1.29 is 5.11 Å². The van der Waals surface area contributed by atoms with E-state index >= 15 is 0 Å². The van der Waals surface area contributed by atoms with Crippen molar-refractivity contribution in [2.45, 2.75) is 84.0 Å². The Kier molecular flexibility index (Phi) is 11.0. The molecule has 23 heavy (non-hydrogen) atoms. The van der Waals surface area contributed by atoms with Crippen molar-refractivity contribution in [3.63, 3.8) is 0 Å².